The molecule has 4 aliphatic rings. The number of carbonyl (C=O) groups excluding carboxylic acids is 3. The molecule has 35 heavy (non-hydrogen) atoms. The molecule has 0 saturated heterocycles. The van der Waals surface area contributed by atoms with E-state index in [9.17, 15) is 14.4 Å². The molecule has 2 unspecified atom stereocenters. The fraction of sp³-hybridized carbons (Fsp3) is 0.667. The molecule has 3 amide bonds. The summed E-state index contributed by atoms with van der Waals surface area (Å²) in [6.45, 7) is 7.86. The Morgan fingerprint density at radius 3 is 1.91 bits per heavy atom. The number of ether oxygens (including phenoxy) is 2. The van der Waals surface area contributed by atoms with E-state index in [1.54, 1.807) is 31.2 Å². The Morgan fingerprint density at radius 1 is 0.886 bits per heavy atom. The minimum atomic E-state index is -0.827. The average Bonchev–Trinajstić information content (AvgIpc) is 2.81. The number of nitrogens with one attached hydrogen (secondary N) is 3. The van der Waals surface area contributed by atoms with E-state index in [2.05, 4.69) is 16.2 Å². The first-order valence-electron chi connectivity index (χ1n) is 13.0. The van der Waals surface area contributed by atoms with Crippen LogP contribution >= 0.6 is 0 Å². The summed E-state index contributed by atoms with van der Waals surface area (Å²) in [5.74, 6) is 2.15. The van der Waals surface area contributed by atoms with Gasteiger partial charge in [0, 0.05) is 5.41 Å². The number of amides is 3. The lowest BCUT2D eigenvalue weighted by Crippen LogP contribution is -2.60. The van der Waals surface area contributed by atoms with Gasteiger partial charge in [-0.3, -0.25) is 25.2 Å². The molecule has 4 aliphatic carbocycles. The zero-order chi connectivity index (χ0) is 25.2. The number of hydrogen-bond acceptors (Lipinski definition) is 5. The van der Waals surface area contributed by atoms with Crippen LogP contribution in [0, 0.1) is 29.1 Å². The van der Waals surface area contributed by atoms with Gasteiger partial charge < -0.3 is 14.8 Å². The summed E-state index contributed by atoms with van der Waals surface area (Å²) in [6, 6.07) is 6.26. The predicted molar refractivity (Wildman–Crippen MR) is 131 cm³/mol. The van der Waals surface area contributed by atoms with E-state index in [0.717, 1.165) is 25.0 Å². The highest BCUT2D eigenvalue weighted by molar-refractivity contribution is 5.92. The second-order valence-electron chi connectivity index (χ2n) is 11.0. The Labute approximate surface area is 207 Å². The van der Waals surface area contributed by atoms with Gasteiger partial charge in [-0.2, -0.15) is 0 Å². The Balaban J connectivity index is 1.29. The van der Waals surface area contributed by atoms with Crippen molar-refractivity contribution in [1.29, 1.82) is 0 Å². The monoisotopic (exact) mass is 485 g/mol. The van der Waals surface area contributed by atoms with Crippen molar-refractivity contribution in [2.75, 3.05) is 6.61 Å². The third-order valence-corrected chi connectivity index (χ3v) is 7.88. The largest absolute Gasteiger partial charge is 0.494 e. The summed E-state index contributed by atoms with van der Waals surface area (Å²) in [5.41, 5.74) is 4.59. The third-order valence-electron chi connectivity index (χ3n) is 7.88. The molecule has 8 heteroatoms. The second kappa shape index (κ2) is 10.5. The molecule has 1 aromatic carbocycles. The standard InChI is InChI=1S/C27H39N3O5/c1-5-34-21-6-8-22(9-7-21)35-17(4)24(31)29-30-25(32)23(16(2)3)28-26(33)27-13-18-10-19(14-27)12-20(11-18)15-27/h6-9,16-20,23H,5,10-15H2,1-4H3,(H,28,33)(H,29,31)(H,30,32). The normalized spacial score (nSPS) is 28.2. The van der Waals surface area contributed by atoms with E-state index >= 15 is 0 Å². The van der Waals surface area contributed by atoms with Crippen molar-refractivity contribution in [2.24, 2.45) is 29.1 Å². The molecule has 8 nitrogen and oxygen atoms in total. The van der Waals surface area contributed by atoms with Gasteiger partial charge in [-0.1, -0.05) is 13.8 Å². The fourth-order valence-corrected chi connectivity index (χ4v) is 6.56. The number of benzene rings is 1. The minimum absolute atomic E-state index is 0.00368. The molecule has 0 spiro atoms. The van der Waals surface area contributed by atoms with Crippen LogP contribution < -0.4 is 25.6 Å². The minimum Gasteiger partial charge on any atom is -0.494 e. The van der Waals surface area contributed by atoms with Crippen LogP contribution in [0.25, 0.3) is 0 Å². The van der Waals surface area contributed by atoms with Gasteiger partial charge in [0.15, 0.2) is 6.10 Å². The van der Waals surface area contributed by atoms with Gasteiger partial charge in [-0.25, -0.2) is 0 Å². The molecule has 5 rings (SSSR count). The molecular weight excluding hydrogens is 446 g/mol. The molecule has 1 aromatic rings. The van der Waals surface area contributed by atoms with Gasteiger partial charge in [-0.05, 0) is 100 Å². The summed E-state index contributed by atoms with van der Waals surface area (Å²) in [5, 5.41) is 3.04. The molecule has 4 bridgehead atoms. The quantitative estimate of drug-likeness (QED) is 0.465. The molecule has 192 valence electrons. The van der Waals surface area contributed by atoms with Gasteiger partial charge >= 0.3 is 0 Å². The van der Waals surface area contributed by atoms with Crippen molar-refractivity contribution in [3.8, 4) is 11.5 Å². The summed E-state index contributed by atoms with van der Waals surface area (Å²) < 4.78 is 11.1. The summed E-state index contributed by atoms with van der Waals surface area (Å²) in [7, 11) is 0. The molecule has 3 N–H and O–H groups in total. The lowest BCUT2D eigenvalue weighted by molar-refractivity contribution is -0.149. The average molecular weight is 486 g/mol. The Morgan fingerprint density at radius 2 is 1.40 bits per heavy atom. The van der Waals surface area contributed by atoms with Gasteiger partial charge in [0.25, 0.3) is 11.8 Å². The lowest BCUT2D eigenvalue weighted by atomic mass is 9.49. The van der Waals surface area contributed by atoms with Crippen molar-refractivity contribution < 1.29 is 23.9 Å². The summed E-state index contributed by atoms with van der Waals surface area (Å²) >= 11 is 0. The van der Waals surface area contributed by atoms with Crippen LogP contribution in [0.4, 0.5) is 0 Å². The lowest BCUT2D eigenvalue weighted by Gasteiger charge is -2.55. The van der Waals surface area contributed by atoms with Crippen molar-refractivity contribution >= 4 is 17.7 Å². The highest BCUT2D eigenvalue weighted by atomic mass is 16.5. The van der Waals surface area contributed by atoms with E-state index in [1.165, 1.54) is 19.3 Å². The number of rotatable bonds is 9. The molecule has 0 aliphatic heterocycles. The van der Waals surface area contributed by atoms with Crippen LogP contribution in [0.15, 0.2) is 24.3 Å². The van der Waals surface area contributed by atoms with E-state index in [0.29, 0.717) is 30.1 Å². The van der Waals surface area contributed by atoms with E-state index in [1.807, 2.05) is 20.8 Å². The highest BCUT2D eigenvalue weighted by Crippen LogP contribution is 2.60. The maximum atomic E-state index is 13.4. The van der Waals surface area contributed by atoms with E-state index < -0.39 is 24.0 Å². The van der Waals surface area contributed by atoms with Crippen LogP contribution in [0.2, 0.25) is 0 Å². The molecular formula is C27H39N3O5. The predicted octanol–water partition coefficient (Wildman–Crippen LogP) is 3.36. The topological polar surface area (TPSA) is 106 Å². The SMILES string of the molecule is CCOc1ccc(OC(C)C(=O)NNC(=O)C(NC(=O)C23CC4CC(CC(C4)C2)C3)C(C)C)cc1. The van der Waals surface area contributed by atoms with Gasteiger partial charge in [-0.15, -0.1) is 0 Å². The van der Waals surface area contributed by atoms with Crippen molar-refractivity contribution in [3.05, 3.63) is 24.3 Å². The highest BCUT2D eigenvalue weighted by Gasteiger charge is 2.55. The number of hydrogen-bond donors (Lipinski definition) is 3. The maximum absolute atomic E-state index is 13.4. The molecule has 4 saturated carbocycles. The van der Waals surface area contributed by atoms with Crippen molar-refractivity contribution in [1.82, 2.24) is 16.2 Å². The van der Waals surface area contributed by atoms with Crippen LogP contribution in [0.1, 0.15) is 66.2 Å². The molecule has 0 heterocycles. The van der Waals surface area contributed by atoms with Crippen molar-refractivity contribution in [3.63, 3.8) is 0 Å². The zero-order valence-corrected chi connectivity index (χ0v) is 21.3. The second-order valence-corrected chi connectivity index (χ2v) is 11.0. The molecule has 4 fully saturated rings. The van der Waals surface area contributed by atoms with Crippen molar-refractivity contribution in [2.45, 2.75) is 78.4 Å². The molecule has 0 radical (unpaired) electrons. The van der Waals surface area contributed by atoms with Crippen LogP contribution in [0.5, 0.6) is 11.5 Å². The van der Waals surface area contributed by atoms with E-state index in [-0.39, 0.29) is 17.2 Å². The first-order chi connectivity index (χ1) is 16.7. The van der Waals surface area contributed by atoms with Gasteiger partial charge in [0.1, 0.15) is 17.5 Å². The third kappa shape index (κ3) is 5.73. The van der Waals surface area contributed by atoms with Crippen LogP contribution in [0.3, 0.4) is 0 Å². The first kappa shape index (κ1) is 25.3. The fourth-order valence-electron chi connectivity index (χ4n) is 6.56. The van der Waals surface area contributed by atoms with Crippen LogP contribution in [-0.4, -0.2) is 36.5 Å². The van der Waals surface area contributed by atoms with Gasteiger partial charge in [0.05, 0.1) is 6.61 Å². The first-order valence-corrected chi connectivity index (χ1v) is 13.0. The maximum Gasteiger partial charge on any atom is 0.279 e. The Bertz CT molecular complexity index is 894. The van der Waals surface area contributed by atoms with E-state index in [4.69, 9.17) is 9.47 Å². The zero-order valence-electron chi connectivity index (χ0n) is 21.3. The molecule has 0 aromatic heterocycles. The summed E-state index contributed by atoms with van der Waals surface area (Å²) in [4.78, 5) is 38.9. The molecule has 2 atom stereocenters. The number of carbonyl (C=O) groups is 3. The van der Waals surface area contributed by atoms with Crippen LogP contribution in [-0.2, 0) is 14.4 Å². The number of hydrazine groups is 1. The Kier molecular flexibility index (Phi) is 7.57. The smallest absolute Gasteiger partial charge is 0.279 e. The summed E-state index contributed by atoms with van der Waals surface area (Å²) in [6.07, 6.45) is 5.75. The van der Waals surface area contributed by atoms with Gasteiger partial charge in [0.2, 0.25) is 5.91 Å². The Hall–Kier alpha value is -2.77.